The predicted molar refractivity (Wildman–Crippen MR) is 128 cm³/mol. The van der Waals surface area contributed by atoms with Gasteiger partial charge in [-0.05, 0) is 42.2 Å². The van der Waals surface area contributed by atoms with E-state index in [1.54, 1.807) is 29.2 Å². The number of carbonyl (C=O) groups is 3. The van der Waals surface area contributed by atoms with Crippen LogP contribution in [0.3, 0.4) is 0 Å². The first-order chi connectivity index (χ1) is 15.9. The van der Waals surface area contributed by atoms with E-state index in [0.717, 1.165) is 5.56 Å². The second kappa shape index (κ2) is 9.72. The molecule has 8 nitrogen and oxygen atoms in total. The molecule has 0 unspecified atom stereocenters. The molecule has 2 amide bonds. The van der Waals surface area contributed by atoms with Gasteiger partial charge in [0.25, 0.3) is 5.91 Å². The Morgan fingerprint density at radius 3 is 2.35 bits per heavy atom. The second-order valence-corrected chi connectivity index (χ2v) is 10.1. The number of pyridine rings is 1. The summed E-state index contributed by atoms with van der Waals surface area (Å²) in [6.45, 7) is 8.10. The van der Waals surface area contributed by atoms with Crippen LogP contribution in [0.15, 0.2) is 42.6 Å². The van der Waals surface area contributed by atoms with E-state index in [1.807, 2.05) is 27.7 Å². The number of aromatic nitrogens is 1. The Labute approximate surface area is 203 Å². The van der Waals surface area contributed by atoms with Gasteiger partial charge in [-0.25, -0.2) is 9.78 Å². The number of nitrogens with one attached hydrogen (secondary N) is 1. The van der Waals surface area contributed by atoms with Gasteiger partial charge in [-0.15, -0.1) is 0 Å². The zero-order valence-electron chi connectivity index (χ0n) is 19.7. The highest BCUT2D eigenvalue weighted by atomic mass is 35.5. The normalized spacial score (nSPS) is 20.6. The van der Waals surface area contributed by atoms with Crippen molar-refractivity contribution in [3.05, 3.63) is 64.4 Å². The van der Waals surface area contributed by atoms with Gasteiger partial charge >= 0.3 is 5.97 Å². The Morgan fingerprint density at radius 1 is 1.15 bits per heavy atom. The summed E-state index contributed by atoms with van der Waals surface area (Å²) >= 11 is 6.00. The van der Waals surface area contributed by atoms with E-state index in [4.69, 9.17) is 16.7 Å². The molecule has 3 rings (SSSR count). The van der Waals surface area contributed by atoms with Crippen LogP contribution in [0.1, 0.15) is 60.5 Å². The number of carboxylic acids is 1. The monoisotopic (exact) mass is 487 g/mol. The van der Waals surface area contributed by atoms with Crippen molar-refractivity contribution in [2.24, 2.45) is 11.3 Å². The number of rotatable bonds is 6. The van der Waals surface area contributed by atoms with Crippen LogP contribution in [-0.4, -0.2) is 57.0 Å². The Balaban J connectivity index is 1.78. The molecule has 2 aromatic rings. The fourth-order valence-electron chi connectivity index (χ4n) is 4.39. The van der Waals surface area contributed by atoms with Crippen LogP contribution < -0.4 is 5.32 Å². The molecule has 1 fully saturated rings. The van der Waals surface area contributed by atoms with Gasteiger partial charge < -0.3 is 20.4 Å². The smallest absolute Gasteiger partial charge is 0.354 e. The summed E-state index contributed by atoms with van der Waals surface area (Å²) in [5.74, 6) is -2.25. The van der Waals surface area contributed by atoms with Crippen LogP contribution in [0.5, 0.6) is 0 Å². The number of nitrogens with zero attached hydrogens (tertiary/aromatic N) is 2. The Hall–Kier alpha value is -2.97. The van der Waals surface area contributed by atoms with Crippen LogP contribution in [0.25, 0.3) is 0 Å². The minimum absolute atomic E-state index is 0.113. The van der Waals surface area contributed by atoms with Crippen molar-refractivity contribution in [2.45, 2.75) is 45.8 Å². The molecule has 1 aromatic carbocycles. The maximum Gasteiger partial charge on any atom is 0.354 e. The Bertz CT molecular complexity index is 1090. The van der Waals surface area contributed by atoms with Crippen LogP contribution in [0.4, 0.5) is 0 Å². The minimum atomic E-state index is -1.24. The topological polar surface area (TPSA) is 120 Å². The summed E-state index contributed by atoms with van der Waals surface area (Å²) in [6, 6.07) is 8.85. The van der Waals surface area contributed by atoms with E-state index < -0.39 is 28.9 Å². The van der Waals surface area contributed by atoms with Crippen LogP contribution in [0, 0.1) is 11.3 Å². The number of hydrogen-bond acceptors (Lipinski definition) is 5. The molecule has 1 saturated heterocycles. The first kappa shape index (κ1) is 25.6. The highest BCUT2D eigenvalue weighted by molar-refractivity contribution is 6.30. The third-order valence-corrected chi connectivity index (χ3v) is 6.80. The third-order valence-electron chi connectivity index (χ3n) is 6.54. The van der Waals surface area contributed by atoms with E-state index >= 15 is 0 Å². The van der Waals surface area contributed by atoms with Crippen LogP contribution in [-0.2, 0) is 10.4 Å². The molecule has 9 heteroatoms. The van der Waals surface area contributed by atoms with Gasteiger partial charge in [0.1, 0.15) is 11.7 Å². The number of benzene rings is 1. The van der Waals surface area contributed by atoms with Gasteiger partial charge in [0.05, 0.1) is 5.60 Å². The fraction of sp³-hybridized carbons (Fsp3) is 0.440. The molecule has 2 heterocycles. The van der Waals surface area contributed by atoms with Crippen molar-refractivity contribution in [3.8, 4) is 0 Å². The maximum atomic E-state index is 13.5. The van der Waals surface area contributed by atoms with Gasteiger partial charge in [0.2, 0.25) is 5.91 Å². The lowest BCUT2D eigenvalue weighted by molar-refractivity contribution is -0.155. The number of carbonyl (C=O) groups excluding carboxylic acids is 2. The molecule has 1 aromatic heterocycles. The predicted octanol–water partition coefficient (Wildman–Crippen LogP) is 3.33. The highest BCUT2D eigenvalue weighted by Crippen LogP contribution is 2.46. The molecule has 0 radical (unpaired) electrons. The number of aromatic carboxylic acids is 1. The van der Waals surface area contributed by atoms with Crippen molar-refractivity contribution < 1.29 is 24.6 Å². The molecular formula is C25H30ClN3O5. The lowest BCUT2D eigenvalue weighted by atomic mass is 9.66. The van der Waals surface area contributed by atoms with Crippen molar-refractivity contribution in [1.82, 2.24) is 15.2 Å². The lowest BCUT2D eigenvalue weighted by Crippen LogP contribution is -2.60. The molecule has 2 atom stereocenters. The van der Waals surface area contributed by atoms with E-state index in [-0.39, 0.29) is 23.1 Å². The minimum Gasteiger partial charge on any atom is -0.477 e. The molecule has 1 aliphatic rings. The van der Waals surface area contributed by atoms with Crippen molar-refractivity contribution >= 4 is 29.4 Å². The third kappa shape index (κ3) is 5.08. The number of likely N-dealkylation sites (tertiary alicyclic amines) is 1. The van der Waals surface area contributed by atoms with Gasteiger partial charge in [0, 0.05) is 35.3 Å². The molecule has 182 valence electrons. The van der Waals surface area contributed by atoms with Crippen LogP contribution >= 0.6 is 11.6 Å². The van der Waals surface area contributed by atoms with Gasteiger partial charge in [-0.2, -0.15) is 0 Å². The molecule has 0 spiro atoms. The molecule has 0 bridgehead atoms. The number of carboxylic acid groups (broad SMARTS) is 1. The summed E-state index contributed by atoms with van der Waals surface area (Å²) in [5.41, 5.74) is -1.20. The molecule has 1 aliphatic heterocycles. The summed E-state index contributed by atoms with van der Waals surface area (Å²) in [5, 5.41) is 24.0. The first-order valence-electron chi connectivity index (χ1n) is 11.1. The van der Waals surface area contributed by atoms with E-state index in [2.05, 4.69) is 10.3 Å². The molecule has 0 saturated carbocycles. The van der Waals surface area contributed by atoms with Gasteiger partial charge in [-0.3, -0.25) is 9.59 Å². The number of aliphatic hydroxyl groups is 1. The van der Waals surface area contributed by atoms with Crippen molar-refractivity contribution in [2.75, 3.05) is 13.1 Å². The summed E-state index contributed by atoms with van der Waals surface area (Å²) < 4.78 is 0. The standard InChI is InChI=1S/C25H30ClN3O5/c1-15(2)20(28-21(30)16-9-11-27-19(13-16)23(32)33)22(31)29-12-10-25(34,24(3,4)14-29)17-5-7-18(26)8-6-17/h5-9,11,13,15,20,34H,10,12,14H2,1-4H3,(H,28,30)(H,32,33)/t20-,25+/m1/s1. The largest absolute Gasteiger partial charge is 0.477 e. The average molecular weight is 488 g/mol. The van der Waals surface area contributed by atoms with E-state index in [9.17, 15) is 19.5 Å². The summed E-state index contributed by atoms with van der Waals surface area (Å²) in [6.07, 6.45) is 1.58. The summed E-state index contributed by atoms with van der Waals surface area (Å²) in [7, 11) is 0. The highest BCUT2D eigenvalue weighted by Gasteiger charge is 2.50. The van der Waals surface area contributed by atoms with Crippen molar-refractivity contribution in [1.29, 1.82) is 0 Å². The number of amides is 2. The van der Waals surface area contributed by atoms with Crippen molar-refractivity contribution in [3.63, 3.8) is 0 Å². The van der Waals surface area contributed by atoms with E-state index in [0.29, 0.717) is 24.5 Å². The SMILES string of the molecule is CC(C)[C@@H](NC(=O)c1ccnc(C(=O)O)c1)C(=O)N1CC[C@](O)(c2ccc(Cl)cc2)C(C)(C)C1. The van der Waals surface area contributed by atoms with Gasteiger partial charge in [-0.1, -0.05) is 51.4 Å². The van der Waals surface area contributed by atoms with Crippen LogP contribution in [0.2, 0.25) is 5.02 Å². The molecule has 3 N–H and O–H groups in total. The quantitative estimate of drug-likeness (QED) is 0.574. The first-order valence-corrected chi connectivity index (χ1v) is 11.5. The summed E-state index contributed by atoms with van der Waals surface area (Å²) in [4.78, 5) is 42.8. The number of halogens is 1. The zero-order valence-corrected chi connectivity index (χ0v) is 20.5. The maximum absolute atomic E-state index is 13.5. The second-order valence-electron chi connectivity index (χ2n) is 9.69. The number of piperidine rings is 1. The zero-order chi connectivity index (χ0) is 25.3. The fourth-order valence-corrected chi connectivity index (χ4v) is 4.52. The molecular weight excluding hydrogens is 458 g/mol. The Kier molecular flexibility index (Phi) is 7.33. The molecule has 34 heavy (non-hydrogen) atoms. The van der Waals surface area contributed by atoms with E-state index in [1.165, 1.54) is 18.3 Å². The lowest BCUT2D eigenvalue weighted by Gasteiger charge is -2.51. The van der Waals surface area contributed by atoms with Gasteiger partial charge in [0.15, 0.2) is 0 Å². The average Bonchev–Trinajstić information content (AvgIpc) is 2.78. The number of hydrogen-bond donors (Lipinski definition) is 3. The Morgan fingerprint density at radius 2 is 1.79 bits per heavy atom. The molecule has 0 aliphatic carbocycles.